The fraction of sp³-hybridized carbons (Fsp3) is 0.667. The molecule has 1 aromatic carbocycles. The maximum Gasteiger partial charge on any atom is 0.131 e. The van der Waals surface area contributed by atoms with Gasteiger partial charge in [-0.15, -0.1) is 0 Å². The minimum atomic E-state index is -1.16. The third-order valence-corrected chi connectivity index (χ3v) is 4.84. The highest BCUT2D eigenvalue weighted by Gasteiger charge is 2.26. The van der Waals surface area contributed by atoms with Gasteiger partial charge in [0.1, 0.15) is 11.6 Å². The summed E-state index contributed by atoms with van der Waals surface area (Å²) in [5.74, 6) is -1.39. The van der Waals surface area contributed by atoms with Crippen LogP contribution in [-0.4, -0.2) is 55.1 Å². The molecule has 2 atom stereocenters. The summed E-state index contributed by atoms with van der Waals surface area (Å²) in [6, 6.07) is 3.65. The van der Waals surface area contributed by atoms with Crippen LogP contribution >= 0.6 is 0 Å². The number of hydrogen-bond acceptors (Lipinski definition) is 4. The molecule has 1 N–H and O–H groups in total. The summed E-state index contributed by atoms with van der Waals surface area (Å²) in [6.45, 7) is 3.22. The van der Waals surface area contributed by atoms with E-state index in [1.807, 2.05) is 4.90 Å². The monoisotopic (exact) mass is 341 g/mol. The normalized spacial score (nSPS) is 24.4. The molecule has 0 aromatic heterocycles. The number of β-amino-alcohol motifs (C(OH)–C–C–N with tert-alkyl or cyclic N) is 1. The second kappa shape index (κ2) is 8.34. The maximum atomic E-state index is 13.7. The van der Waals surface area contributed by atoms with Crippen LogP contribution in [0.5, 0.6) is 0 Å². The number of benzene rings is 1. The van der Waals surface area contributed by atoms with Crippen LogP contribution in [0, 0.1) is 11.6 Å². The Balaban J connectivity index is 1.43. The molecule has 3 rings (SSSR count). The molecule has 0 bridgehead atoms. The van der Waals surface area contributed by atoms with Gasteiger partial charge in [-0.2, -0.15) is 0 Å². The third kappa shape index (κ3) is 4.51. The van der Waals surface area contributed by atoms with Gasteiger partial charge in [-0.1, -0.05) is 6.07 Å². The van der Waals surface area contributed by atoms with Crippen molar-refractivity contribution < 1.29 is 23.4 Å². The lowest BCUT2D eigenvalue weighted by Crippen LogP contribution is -2.40. The van der Waals surface area contributed by atoms with E-state index in [0.29, 0.717) is 6.61 Å². The van der Waals surface area contributed by atoms with Gasteiger partial charge in [0.15, 0.2) is 0 Å². The summed E-state index contributed by atoms with van der Waals surface area (Å²) in [4.78, 5) is 2.03. The second-order valence-corrected chi connectivity index (χ2v) is 6.62. The van der Waals surface area contributed by atoms with Gasteiger partial charge >= 0.3 is 0 Å². The molecule has 24 heavy (non-hydrogen) atoms. The van der Waals surface area contributed by atoms with Crippen molar-refractivity contribution in [2.24, 2.45) is 0 Å². The Morgan fingerprint density at radius 1 is 1.21 bits per heavy atom. The predicted molar refractivity (Wildman–Crippen MR) is 85.7 cm³/mol. The molecule has 0 spiro atoms. The lowest BCUT2D eigenvalue weighted by Gasteiger charge is -2.33. The Morgan fingerprint density at radius 3 is 2.54 bits per heavy atom. The van der Waals surface area contributed by atoms with Crippen molar-refractivity contribution in [3.8, 4) is 0 Å². The summed E-state index contributed by atoms with van der Waals surface area (Å²) < 4.78 is 38.9. The minimum absolute atomic E-state index is 0.202. The molecule has 134 valence electrons. The smallest absolute Gasteiger partial charge is 0.131 e. The van der Waals surface area contributed by atoms with Crippen LogP contribution in [0.2, 0.25) is 0 Å². The third-order valence-electron chi connectivity index (χ3n) is 4.84. The van der Waals surface area contributed by atoms with E-state index in [2.05, 4.69) is 0 Å². The zero-order valence-corrected chi connectivity index (χ0v) is 13.8. The molecule has 0 aliphatic carbocycles. The number of halogens is 2. The van der Waals surface area contributed by atoms with Crippen LogP contribution in [0.1, 0.15) is 37.4 Å². The Labute approximate surface area is 141 Å². The number of aliphatic hydroxyl groups is 1. The molecule has 2 fully saturated rings. The predicted octanol–water partition coefficient (Wildman–Crippen LogP) is 2.66. The molecular formula is C18H25F2NO3. The molecule has 0 radical (unpaired) electrons. The quantitative estimate of drug-likeness (QED) is 0.864. The molecule has 2 saturated heterocycles. The number of rotatable bonds is 6. The van der Waals surface area contributed by atoms with Crippen molar-refractivity contribution in [1.29, 1.82) is 0 Å². The number of ether oxygens (including phenoxy) is 2. The number of piperidine rings is 1. The average molecular weight is 341 g/mol. The first-order chi connectivity index (χ1) is 11.6. The van der Waals surface area contributed by atoms with E-state index in [9.17, 15) is 13.9 Å². The fourth-order valence-electron chi connectivity index (χ4n) is 3.44. The van der Waals surface area contributed by atoms with Crippen molar-refractivity contribution in [3.63, 3.8) is 0 Å². The van der Waals surface area contributed by atoms with Crippen molar-refractivity contribution in [1.82, 2.24) is 4.90 Å². The van der Waals surface area contributed by atoms with E-state index in [-0.39, 0.29) is 24.3 Å². The van der Waals surface area contributed by atoms with Gasteiger partial charge in [0.05, 0.1) is 30.5 Å². The molecule has 2 aliphatic rings. The zero-order chi connectivity index (χ0) is 16.9. The highest BCUT2D eigenvalue weighted by Crippen LogP contribution is 2.24. The summed E-state index contributed by atoms with van der Waals surface area (Å²) in [6.07, 6.45) is 3.17. The van der Waals surface area contributed by atoms with Gasteiger partial charge in [0.2, 0.25) is 0 Å². The van der Waals surface area contributed by atoms with E-state index >= 15 is 0 Å². The van der Waals surface area contributed by atoms with Gasteiger partial charge in [0.25, 0.3) is 0 Å². The number of aliphatic hydroxyl groups excluding tert-OH is 1. The van der Waals surface area contributed by atoms with Gasteiger partial charge < -0.3 is 19.5 Å². The van der Waals surface area contributed by atoms with Crippen molar-refractivity contribution in [2.75, 3.05) is 32.8 Å². The Kier molecular flexibility index (Phi) is 6.16. The Morgan fingerprint density at radius 2 is 1.92 bits per heavy atom. The van der Waals surface area contributed by atoms with Crippen LogP contribution in [0.25, 0.3) is 0 Å². The molecular weight excluding hydrogens is 316 g/mol. The van der Waals surface area contributed by atoms with E-state index < -0.39 is 17.7 Å². The topological polar surface area (TPSA) is 41.9 Å². The SMILES string of the molecule is OC(CN1CCC(OCC2CCCO2)CC1)c1c(F)cccc1F. The average Bonchev–Trinajstić information content (AvgIpc) is 3.07. The molecule has 0 saturated carbocycles. The van der Waals surface area contributed by atoms with Gasteiger partial charge in [0, 0.05) is 26.2 Å². The van der Waals surface area contributed by atoms with E-state index in [1.165, 1.54) is 18.2 Å². The lowest BCUT2D eigenvalue weighted by atomic mass is 10.0. The highest BCUT2D eigenvalue weighted by molar-refractivity contribution is 5.22. The second-order valence-electron chi connectivity index (χ2n) is 6.62. The molecule has 2 unspecified atom stereocenters. The number of hydrogen-bond donors (Lipinski definition) is 1. The first kappa shape index (κ1) is 17.7. The van der Waals surface area contributed by atoms with Gasteiger partial charge in [-0.3, -0.25) is 0 Å². The molecule has 6 heteroatoms. The summed E-state index contributed by atoms with van der Waals surface area (Å²) in [5.41, 5.74) is -0.241. The van der Waals surface area contributed by atoms with Crippen LogP contribution in [0.4, 0.5) is 8.78 Å². The molecule has 4 nitrogen and oxygen atoms in total. The van der Waals surface area contributed by atoms with E-state index in [1.54, 1.807) is 0 Å². The van der Waals surface area contributed by atoms with Crippen LogP contribution in [0.15, 0.2) is 18.2 Å². The molecule has 2 heterocycles. The molecule has 1 aromatic rings. The summed E-state index contributed by atoms with van der Waals surface area (Å²) in [7, 11) is 0. The fourth-order valence-corrected chi connectivity index (χ4v) is 3.44. The molecule has 0 amide bonds. The lowest BCUT2D eigenvalue weighted by molar-refractivity contribution is -0.0455. The van der Waals surface area contributed by atoms with Crippen molar-refractivity contribution in [3.05, 3.63) is 35.4 Å². The Hall–Kier alpha value is -1.08. The number of likely N-dealkylation sites (tertiary alicyclic amines) is 1. The van der Waals surface area contributed by atoms with Crippen LogP contribution in [0.3, 0.4) is 0 Å². The summed E-state index contributed by atoms with van der Waals surface area (Å²) >= 11 is 0. The minimum Gasteiger partial charge on any atom is -0.387 e. The highest BCUT2D eigenvalue weighted by atomic mass is 19.1. The van der Waals surface area contributed by atoms with E-state index in [0.717, 1.165) is 45.4 Å². The van der Waals surface area contributed by atoms with Crippen LogP contribution < -0.4 is 0 Å². The van der Waals surface area contributed by atoms with Crippen LogP contribution in [-0.2, 0) is 9.47 Å². The van der Waals surface area contributed by atoms with Crippen molar-refractivity contribution >= 4 is 0 Å². The number of nitrogens with zero attached hydrogens (tertiary/aromatic N) is 1. The van der Waals surface area contributed by atoms with E-state index in [4.69, 9.17) is 9.47 Å². The Bertz CT molecular complexity index is 509. The summed E-state index contributed by atoms with van der Waals surface area (Å²) in [5, 5.41) is 10.2. The first-order valence-electron chi connectivity index (χ1n) is 8.71. The largest absolute Gasteiger partial charge is 0.387 e. The maximum absolute atomic E-state index is 13.7. The first-order valence-corrected chi connectivity index (χ1v) is 8.71. The van der Waals surface area contributed by atoms with Gasteiger partial charge in [-0.25, -0.2) is 8.78 Å². The van der Waals surface area contributed by atoms with Gasteiger partial charge in [-0.05, 0) is 37.8 Å². The zero-order valence-electron chi connectivity index (χ0n) is 13.8. The standard InChI is InChI=1S/C18H25F2NO3/c19-15-4-1-5-16(20)18(15)17(22)11-21-8-6-13(7-9-21)24-12-14-3-2-10-23-14/h1,4-5,13-14,17,22H,2-3,6-12H2. The molecule has 2 aliphatic heterocycles. The van der Waals surface area contributed by atoms with Crippen molar-refractivity contribution in [2.45, 2.75) is 44.0 Å².